The van der Waals surface area contributed by atoms with E-state index in [9.17, 15) is 9.90 Å². The van der Waals surface area contributed by atoms with Crippen molar-refractivity contribution in [2.75, 3.05) is 13.1 Å². The molecule has 3 N–H and O–H groups in total. The van der Waals surface area contributed by atoms with Gasteiger partial charge in [0.2, 0.25) is 5.91 Å². The number of carbonyl (C=O) groups is 1. The van der Waals surface area contributed by atoms with E-state index in [1.807, 2.05) is 11.8 Å². The average molecular weight is 242 g/mol. The van der Waals surface area contributed by atoms with Crippen molar-refractivity contribution in [1.82, 2.24) is 4.90 Å². The summed E-state index contributed by atoms with van der Waals surface area (Å²) in [4.78, 5) is 13.9. The Hall–Kier alpha value is -0.610. The Balaban J connectivity index is 2.46. The van der Waals surface area contributed by atoms with Crippen molar-refractivity contribution in [1.29, 1.82) is 0 Å². The molecule has 1 saturated heterocycles. The maximum atomic E-state index is 12.1. The molecule has 0 aromatic heterocycles. The minimum atomic E-state index is -0.622. The second kappa shape index (κ2) is 6.36. The van der Waals surface area contributed by atoms with Gasteiger partial charge in [0.05, 0.1) is 11.6 Å². The molecule has 1 rings (SSSR count). The molecule has 0 aliphatic carbocycles. The van der Waals surface area contributed by atoms with E-state index in [-0.39, 0.29) is 11.9 Å². The van der Waals surface area contributed by atoms with Crippen LogP contribution < -0.4 is 5.73 Å². The molecule has 1 amide bonds. The van der Waals surface area contributed by atoms with Crippen LogP contribution in [0.5, 0.6) is 0 Å². The minimum absolute atomic E-state index is 0.0520. The van der Waals surface area contributed by atoms with Crippen LogP contribution in [0.3, 0.4) is 0 Å². The van der Waals surface area contributed by atoms with Crippen LogP contribution in [0.25, 0.3) is 0 Å². The Morgan fingerprint density at radius 3 is 2.82 bits per heavy atom. The van der Waals surface area contributed by atoms with Gasteiger partial charge in [0, 0.05) is 13.1 Å². The second-order valence-corrected chi connectivity index (χ2v) is 5.42. The summed E-state index contributed by atoms with van der Waals surface area (Å²) in [5.74, 6) is 0.0520. The summed E-state index contributed by atoms with van der Waals surface area (Å²) in [6.07, 6.45) is 5.11. The summed E-state index contributed by atoms with van der Waals surface area (Å²) >= 11 is 0. The summed E-state index contributed by atoms with van der Waals surface area (Å²) in [7, 11) is 0. The molecule has 1 heterocycles. The summed E-state index contributed by atoms with van der Waals surface area (Å²) in [5.41, 5.74) is 5.28. The molecule has 0 spiro atoms. The van der Waals surface area contributed by atoms with Crippen molar-refractivity contribution in [3.05, 3.63) is 0 Å². The van der Waals surface area contributed by atoms with Gasteiger partial charge in [0.25, 0.3) is 0 Å². The first-order chi connectivity index (χ1) is 7.96. The number of nitrogens with two attached hydrogens (primary N) is 1. The third-order valence-corrected chi connectivity index (χ3v) is 3.56. The summed E-state index contributed by atoms with van der Waals surface area (Å²) in [6.45, 7) is 5.30. The van der Waals surface area contributed by atoms with Gasteiger partial charge >= 0.3 is 0 Å². The van der Waals surface area contributed by atoms with Crippen LogP contribution in [0.1, 0.15) is 52.4 Å². The van der Waals surface area contributed by atoms with E-state index in [0.29, 0.717) is 13.0 Å². The van der Waals surface area contributed by atoms with E-state index in [2.05, 4.69) is 6.92 Å². The van der Waals surface area contributed by atoms with Crippen LogP contribution in [0.2, 0.25) is 0 Å². The highest BCUT2D eigenvalue weighted by Crippen LogP contribution is 2.21. The molecule has 4 nitrogen and oxygen atoms in total. The fourth-order valence-electron chi connectivity index (χ4n) is 2.27. The van der Waals surface area contributed by atoms with Crippen molar-refractivity contribution >= 4 is 5.91 Å². The van der Waals surface area contributed by atoms with E-state index in [1.165, 1.54) is 0 Å². The highest BCUT2D eigenvalue weighted by molar-refractivity contribution is 5.81. The Kier molecular flexibility index (Phi) is 5.40. The number of hydrogen-bond donors (Lipinski definition) is 2. The van der Waals surface area contributed by atoms with Gasteiger partial charge in [0.1, 0.15) is 0 Å². The predicted molar refractivity (Wildman–Crippen MR) is 68.6 cm³/mol. The first-order valence-electron chi connectivity index (χ1n) is 6.73. The normalized spacial score (nSPS) is 27.6. The van der Waals surface area contributed by atoms with E-state index in [0.717, 1.165) is 38.6 Å². The first kappa shape index (κ1) is 14.5. The third kappa shape index (κ3) is 4.64. The Bertz CT molecular complexity index is 254. The van der Waals surface area contributed by atoms with Crippen molar-refractivity contribution in [3.63, 3.8) is 0 Å². The van der Waals surface area contributed by atoms with Crippen molar-refractivity contribution < 1.29 is 9.90 Å². The summed E-state index contributed by atoms with van der Waals surface area (Å²) < 4.78 is 0. The van der Waals surface area contributed by atoms with Crippen molar-refractivity contribution in [3.8, 4) is 0 Å². The smallest absolute Gasteiger partial charge is 0.239 e. The van der Waals surface area contributed by atoms with Gasteiger partial charge in [-0.2, -0.15) is 0 Å². The maximum Gasteiger partial charge on any atom is 0.239 e. The zero-order chi connectivity index (χ0) is 12.9. The zero-order valence-corrected chi connectivity index (χ0v) is 11.1. The molecular weight excluding hydrogens is 216 g/mol. The SMILES string of the molecule is CCCCC(N)C(=O)N1CCCC(C)(O)CC1. The van der Waals surface area contributed by atoms with Crippen molar-refractivity contribution in [2.24, 2.45) is 5.73 Å². The van der Waals surface area contributed by atoms with Crippen LogP contribution in [-0.4, -0.2) is 40.6 Å². The quantitative estimate of drug-likeness (QED) is 0.780. The van der Waals surface area contributed by atoms with E-state index in [4.69, 9.17) is 5.73 Å². The number of rotatable bonds is 4. The molecule has 0 bridgehead atoms. The maximum absolute atomic E-state index is 12.1. The summed E-state index contributed by atoms with van der Waals surface area (Å²) in [5, 5.41) is 9.96. The monoisotopic (exact) mass is 242 g/mol. The molecule has 1 fully saturated rings. The largest absolute Gasteiger partial charge is 0.390 e. The lowest BCUT2D eigenvalue weighted by atomic mass is 9.98. The van der Waals surface area contributed by atoms with Gasteiger partial charge in [-0.1, -0.05) is 19.8 Å². The molecule has 1 aliphatic rings. The van der Waals surface area contributed by atoms with Gasteiger partial charge in [-0.3, -0.25) is 4.79 Å². The predicted octanol–water partition coefficient (Wildman–Crippen LogP) is 1.27. The van der Waals surface area contributed by atoms with Crippen LogP contribution in [0.15, 0.2) is 0 Å². The van der Waals surface area contributed by atoms with Gasteiger partial charge in [0.15, 0.2) is 0 Å². The highest BCUT2D eigenvalue weighted by atomic mass is 16.3. The molecule has 2 atom stereocenters. The lowest BCUT2D eigenvalue weighted by molar-refractivity contribution is -0.132. The van der Waals surface area contributed by atoms with Gasteiger partial charge < -0.3 is 15.7 Å². The topological polar surface area (TPSA) is 66.6 Å². The van der Waals surface area contributed by atoms with Gasteiger partial charge in [-0.15, -0.1) is 0 Å². The minimum Gasteiger partial charge on any atom is -0.390 e. The van der Waals surface area contributed by atoms with E-state index >= 15 is 0 Å². The Morgan fingerprint density at radius 2 is 2.18 bits per heavy atom. The number of nitrogens with zero attached hydrogens (tertiary/aromatic N) is 1. The van der Waals surface area contributed by atoms with Crippen LogP contribution in [0.4, 0.5) is 0 Å². The molecule has 4 heteroatoms. The van der Waals surface area contributed by atoms with Crippen LogP contribution >= 0.6 is 0 Å². The number of unbranched alkanes of at least 4 members (excludes halogenated alkanes) is 1. The molecule has 17 heavy (non-hydrogen) atoms. The lowest BCUT2D eigenvalue weighted by Crippen LogP contribution is -2.44. The lowest BCUT2D eigenvalue weighted by Gasteiger charge is -2.25. The standard InChI is InChI=1S/C13H26N2O2/c1-3-4-6-11(14)12(16)15-9-5-7-13(2,17)8-10-15/h11,17H,3-10,14H2,1-2H3. The van der Waals surface area contributed by atoms with Crippen LogP contribution in [-0.2, 0) is 4.79 Å². The molecule has 0 aromatic rings. The number of aliphatic hydroxyl groups is 1. The van der Waals surface area contributed by atoms with E-state index < -0.39 is 5.60 Å². The van der Waals surface area contributed by atoms with Gasteiger partial charge in [-0.05, 0) is 32.6 Å². The zero-order valence-electron chi connectivity index (χ0n) is 11.1. The molecule has 2 unspecified atom stereocenters. The average Bonchev–Trinajstić information content (AvgIpc) is 2.46. The molecular formula is C13H26N2O2. The highest BCUT2D eigenvalue weighted by Gasteiger charge is 2.28. The number of likely N-dealkylation sites (tertiary alicyclic amines) is 1. The Morgan fingerprint density at radius 1 is 1.47 bits per heavy atom. The number of hydrogen-bond acceptors (Lipinski definition) is 3. The van der Waals surface area contributed by atoms with E-state index in [1.54, 1.807) is 0 Å². The second-order valence-electron chi connectivity index (χ2n) is 5.42. The first-order valence-corrected chi connectivity index (χ1v) is 6.73. The summed E-state index contributed by atoms with van der Waals surface area (Å²) in [6, 6.07) is -0.363. The molecule has 0 aromatic carbocycles. The van der Waals surface area contributed by atoms with Gasteiger partial charge in [-0.25, -0.2) is 0 Å². The molecule has 0 saturated carbocycles. The molecule has 0 radical (unpaired) electrons. The Labute approximate surface area is 104 Å². The fourth-order valence-corrected chi connectivity index (χ4v) is 2.27. The molecule has 1 aliphatic heterocycles. The number of carbonyl (C=O) groups excluding carboxylic acids is 1. The van der Waals surface area contributed by atoms with Crippen molar-refractivity contribution in [2.45, 2.75) is 64.0 Å². The molecule has 100 valence electrons. The van der Waals surface area contributed by atoms with Crippen LogP contribution in [0, 0.1) is 0 Å². The fraction of sp³-hybridized carbons (Fsp3) is 0.923. The number of amides is 1. The third-order valence-electron chi connectivity index (χ3n) is 3.56.